The Morgan fingerprint density at radius 1 is 1.30 bits per heavy atom. The van der Waals surface area contributed by atoms with Gasteiger partial charge < -0.3 is 9.42 Å². The van der Waals surface area contributed by atoms with E-state index in [0.717, 1.165) is 36.7 Å². The summed E-state index contributed by atoms with van der Waals surface area (Å²) in [6.07, 6.45) is 2.18. The third-order valence-corrected chi connectivity index (χ3v) is 3.67. The molecule has 0 saturated carbocycles. The van der Waals surface area contributed by atoms with Gasteiger partial charge in [0.25, 0.3) is 0 Å². The first-order chi connectivity index (χ1) is 9.65. The normalized spacial score (nSPS) is 19.0. The summed E-state index contributed by atoms with van der Waals surface area (Å²) in [6.45, 7) is 7.13. The Labute approximate surface area is 119 Å². The lowest BCUT2D eigenvalue weighted by Gasteiger charge is -2.23. The molecule has 0 amide bonds. The van der Waals surface area contributed by atoms with E-state index in [0.29, 0.717) is 5.89 Å². The van der Waals surface area contributed by atoms with Gasteiger partial charge in [0.2, 0.25) is 5.89 Å². The zero-order chi connectivity index (χ0) is 14.1. The molecule has 0 aromatic carbocycles. The van der Waals surface area contributed by atoms with Gasteiger partial charge in [-0.05, 0) is 31.9 Å². The summed E-state index contributed by atoms with van der Waals surface area (Å²) in [5.41, 5.74) is 1.03. The smallest absolute Gasteiger partial charge is 0.229 e. The van der Waals surface area contributed by atoms with Gasteiger partial charge >= 0.3 is 0 Å². The molecule has 2 aromatic heterocycles. The highest BCUT2D eigenvalue weighted by atomic mass is 16.5. The second-order valence-corrected chi connectivity index (χ2v) is 5.63. The number of pyridine rings is 1. The molecule has 1 saturated heterocycles. The minimum absolute atomic E-state index is 0.181. The molecule has 1 atom stereocenters. The molecule has 1 fully saturated rings. The molecule has 106 valence electrons. The number of nitrogens with zero attached hydrogens (tertiary/aromatic N) is 4. The van der Waals surface area contributed by atoms with Gasteiger partial charge in [0.05, 0.1) is 6.04 Å². The minimum atomic E-state index is 0.181. The van der Waals surface area contributed by atoms with E-state index in [4.69, 9.17) is 4.52 Å². The lowest BCUT2D eigenvalue weighted by atomic mass is 10.2. The molecule has 5 nitrogen and oxygen atoms in total. The SMILES string of the molecule is Cc1cccc(N2CCCC2c2noc(C(C)C)n2)n1. The van der Waals surface area contributed by atoms with Crippen LogP contribution in [0.5, 0.6) is 0 Å². The van der Waals surface area contributed by atoms with Crippen LogP contribution in [0.3, 0.4) is 0 Å². The molecule has 0 N–H and O–H groups in total. The lowest BCUT2D eigenvalue weighted by Crippen LogP contribution is -2.24. The van der Waals surface area contributed by atoms with Gasteiger partial charge in [-0.1, -0.05) is 25.1 Å². The van der Waals surface area contributed by atoms with Crippen LogP contribution in [0.1, 0.15) is 56.1 Å². The van der Waals surface area contributed by atoms with Crippen molar-refractivity contribution in [2.45, 2.75) is 45.6 Å². The molecule has 0 bridgehead atoms. The first-order valence-corrected chi connectivity index (χ1v) is 7.19. The molecule has 20 heavy (non-hydrogen) atoms. The highest BCUT2D eigenvalue weighted by Gasteiger charge is 2.31. The Morgan fingerprint density at radius 2 is 2.15 bits per heavy atom. The Balaban J connectivity index is 1.88. The van der Waals surface area contributed by atoms with E-state index in [2.05, 4.69) is 39.9 Å². The number of rotatable bonds is 3. The maximum atomic E-state index is 5.34. The van der Waals surface area contributed by atoms with Crippen molar-refractivity contribution in [1.82, 2.24) is 15.1 Å². The molecule has 1 aliphatic rings. The molecule has 1 aliphatic heterocycles. The first-order valence-electron chi connectivity index (χ1n) is 7.19. The number of anilines is 1. The zero-order valence-corrected chi connectivity index (χ0v) is 12.2. The van der Waals surface area contributed by atoms with Crippen molar-refractivity contribution in [3.63, 3.8) is 0 Å². The van der Waals surface area contributed by atoms with Crippen molar-refractivity contribution in [2.75, 3.05) is 11.4 Å². The van der Waals surface area contributed by atoms with E-state index in [9.17, 15) is 0 Å². The van der Waals surface area contributed by atoms with Gasteiger partial charge in [-0.15, -0.1) is 0 Å². The van der Waals surface area contributed by atoms with Crippen LogP contribution in [0.25, 0.3) is 0 Å². The molecule has 3 heterocycles. The third-order valence-electron chi connectivity index (χ3n) is 3.67. The fourth-order valence-corrected chi connectivity index (χ4v) is 2.62. The van der Waals surface area contributed by atoms with Crippen LogP contribution in [0.4, 0.5) is 5.82 Å². The van der Waals surface area contributed by atoms with E-state index in [-0.39, 0.29) is 12.0 Å². The topological polar surface area (TPSA) is 55.1 Å². The summed E-state index contributed by atoms with van der Waals surface area (Å²) >= 11 is 0. The fraction of sp³-hybridized carbons (Fsp3) is 0.533. The van der Waals surface area contributed by atoms with Gasteiger partial charge in [-0.2, -0.15) is 4.98 Å². The van der Waals surface area contributed by atoms with E-state index in [1.165, 1.54) is 0 Å². The van der Waals surface area contributed by atoms with Gasteiger partial charge in [0.1, 0.15) is 5.82 Å². The number of hydrogen-bond acceptors (Lipinski definition) is 5. The van der Waals surface area contributed by atoms with Gasteiger partial charge in [0.15, 0.2) is 5.82 Å². The summed E-state index contributed by atoms with van der Waals surface area (Å²) in [5, 5.41) is 4.16. The second kappa shape index (κ2) is 5.23. The van der Waals surface area contributed by atoms with Crippen LogP contribution >= 0.6 is 0 Å². The van der Waals surface area contributed by atoms with Crippen molar-refractivity contribution in [2.24, 2.45) is 0 Å². The zero-order valence-electron chi connectivity index (χ0n) is 12.2. The average Bonchev–Trinajstić information content (AvgIpc) is 3.07. The fourth-order valence-electron chi connectivity index (χ4n) is 2.62. The van der Waals surface area contributed by atoms with Crippen LogP contribution in [0.2, 0.25) is 0 Å². The summed E-state index contributed by atoms with van der Waals surface area (Å²) in [7, 11) is 0. The van der Waals surface area contributed by atoms with Crippen LogP contribution in [-0.2, 0) is 0 Å². The van der Waals surface area contributed by atoms with E-state index < -0.39 is 0 Å². The molecule has 0 aliphatic carbocycles. The Hall–Kier alpha value is -1.91. The Kier molecular flexibility index (Phi) is 3.42. The van der Waals surface area contributed by atoms with Crippen molar-refractivity contribution in [1.29, 1.82) is 0 Å². The quantitative estimate of drug-likeness (QED) is 0.858. The third kappa shape index (κ3) is 2.40. The minimum Gasteiger partial charge on any atom is -0.346 e. The highest BCUT2D eigenvalue weighted by Crippen LogP contribution is 2.34. The number of hydrogen-bond donors (Lipinski definition) is 0. The average molecular weight is 272 g/mol. The van der Waals surface area contributed by atoms with Crippen molar-refractivity contribution >= 4 is 5.82 Å². The maximum Gasteiger partial charge on any atom is 0.229 e. The van der Waals surface area contributed by atoms with Crippen molar-refractivity contribution in [3.8, 4) is 0 Å². The van der Waals surface area contributed by atoms with Crippen LogP contribution in [0, 0.1) is 6.92 Å². The molecule has 0 spiro atoms. The number of aromatic nitrogens is 3. The summed E-state index contributed by atoms with van der Waals surface area (Å²) in [6, 6.07) is 6.29. The molecule has 1 unspecified atom stereocenters. The van der Waals surface area contributed by atoms with Gasteiger partial charge in [-0.25, -0.2) is 4.98 Å². The van der Waals surface area contributed by atoms with Crippen LogP contribution < -0.4 is 4.90 Å². The largest absolute Gasteiger partial charge is 0.346 e. The first kappa shape index (κ1) is 13.1. The highest BCUT2D eigenvalue weighted by molar-refractivity contribution is 5.42. The van der Waals surface area contributed by atoms with E-state index in [1.807, 2.05) is 19.1 Å². The molecule has 0 radical (unpaired) electrons. The summed E-state index contributed by atoms with van der Waals surface area (Å²) < 4.78 is 5.34. The van der Waals surface area contributed by atoms with E-state index in [1.54, 1.807) is 0 Å². The van der Waals surface area contributed by atoms with Gasteiger partial charge in [-0.3, -0.25) is 0 Å². The Morgan fingerprint density at radius 3 is 2.85 bits per heavy atom. The summed E-state index contributed by atoms with van der Waals surface area (Å²) in [4.78, 5) is 11.4. The van der Waals surface area contributed by atoms with Gasteiger partial charge in [0, 0.05) is 18.2 Å². The number of aryl methyl sites for hydroxylation is 1. The predicted octanol–water partition coefficient (Wildman–Crippen LogP) is 3.24. The van der Waals surface area contributed by atoms with Crippen molar-refractivity contribution in [3.05, 3.63) is 35.6 Å². The van der Waals surface area contributed by atoms with Crippen LogP contribution in [-0.4, -0.2) is 21.7 Å². The van der Waals surface area contributed by atoms with Crippen LogP contribution in [0.15, 0.2) is 22.7 Å². The maximum absolute atomic E-state index is 5.34. The lowest BCUT2D eigenvalue weighted by molar-refractivity contribution is 0.358. The predicted molar refractivity (Wildman–Crippen MR) is 76.7 cm³/mol. The summed E-state index contributed by atoms with van der Waals surface area (Å²) in [5.74, 6) is 2.77. The molecule has 3 rings (SSSR count). The Bertz CT molecular complexity index is 593. The standard InChI is InChI=1S/C15H20N4O/c1-10(2)15-17-14(18-20-15)12-7-5-9-19(12)13-8-4-6-11(3)16-13/h4,6,8,10,12H,5,7,9H2,1-3H3. The molecular weight excluding hydrogens is 252 g/mol. The van der Waals surface area contributed by atoms with E-state index >= 15 is 0 Å². The molecule has 2 aromatic rings. The van der Waals surface area contributed by atoms with Crippen molar-refractivity contribution < 1.29 is 4.52 Å². The molecular formula is C15H20N4O. The monoisotopic (exact) mass is 272 g/mol. The second-order valence-electron chi connectivity index (χ2n) is 5.63. The molecule has 5 heteroatoms.